The van der Waals surface area contributed by atoms with Crippen LogP contribution in [0.1, 0.15) is 11.1 Å². The number of hydrogen-bond donors (Lipinski definition) is 2. The van der Waals surface area contributed by atoms with E-state index < -0.39 is 0 Å². The van der Waals surface area contributed by atoms with Crippen molar-refractivity contribution in [3.63, 3.8) is 0 Å². The van der Waals surface area contributed by atoms with Crippen molar-refractivity contribution in [2.75, 3.05) is 7.05 Å². The molecule has 80 valence electrons. The summed E-state index contributed by atoms with van der Waals surface area (Å²) in [4.78, 5) is 0. The molecule has 15 heavy (non-hydrogen) atoms. The zero-order valence-electron chi connectivity index (χ0n) is 9.38. The Morgan fingerprint density at radius 1 is 1.33 bits per heavy atom. The van der Waals surface area contributed by atoms with Crippen LogP contribution in [0.25, 0.3) is 0 Å². The molecule has 0 atom stereocenters. The second-order valence-electron chi connectivity index (χ2n) is 3.42. The van der Waals surface area contributed by atoms with E-state index >= 15 is 0 Å². The summed E-state index contributed by atoms with van der Waals surface area (Å²) in [7, 11) is 1.88. The van der Waals surface area contributed by atoms with Gasteiger partial charge >= 0.3 is 0 Å². The Morgan fingerprint density at radius 3 is 2.53 bits per heavy atom. The van der Waals surface area contributed by atoms with Gasteiger partial charge in [-0.15, -0.1) is 0 Å². The average Bonchev–Trinajstić information content (AvgIpc) is 2.27. The molecule has 0 fully saturated rings. The lowest BCUT2D eigenvalue weighted by Gasteiger charge is -2.04. The summed E-state index contributed by atoms with van der Waals surface area (Å²) in [6.07, 6.45) is 3.70. The Hall–Kier alpha value is -1.70. The van der Waals surface area contributed by atoms with Gasteiger partial charge in [-0.3, -0.25) is 0 Å². The molecule has 0 aliphatic rings. The third kappa shape index (κ3) is 3.90. The first kappa shape index (κ1) is 11.4. The third-order valence-electron chi connectivity index (χ3n) is 2.19. The van der Waals surface area contributed by atoms with Crippen LogP contribution in [0.4, 0.5) is 0 Å². The minimum Gasteiger partial charge on any atom is -0.387 e. The summed E-state index contributed by atoms with van der Waals surface area (Å²) in [5.74, 6) is 0. The van der Waals surface area contributed by atoms with Gasteiger partial charge in [0, 0.05) is 25.5 Å². The van der Waals surface area contributed by atoms with Crippen molar-refractivity contribution in [2.24, 2.45) is 0 Å². The SMILES string of the molecule is C=C/C(=C\NCc1ccc(C)cc1)NC. The lowest BCUT2D eigenvalue weighted by atomic mass is 10.1. The summed E-state index contributed by atoms with van der Waals surface area (Å²) in [6, 6.07) is 8.49. The molecule has 2 heteroatoms. The third-order valence-corrected chi connectivity index (χ3v) is 2.19. The van der Waals surface area contributed by atoms with E-state index in [0.717, 1.165) is 12.2 Å². The topological polar surface area (TPSA) is 24.1 Å². The van der Waals surface area contributed by atoms with Crippen molar-refractivity contribution in [2.45, 2.75) is 13.5 Å². The van der Waals surface area contributed by atoms with Gasteiger partial charge in [0.05, 0.1) is 0 Å². The highest BCUT2D eigenvalue weighted by Crippen LogP contribution is 2.02. The first-order valence-corrected chi connectivity index (χ1v) is 5.05. The number of hydrogen-bond acceptors (Lipinski definition) is 2. The van der Waals surface area contributed by atoms with Gasteiger partial charge in [-0.05, 0) is 18.6 Å². The summed E-state index contributed by atoms with van der Waals surface area (Å²) < 4.78 is 0. The number of benzene rings is 1. The molecule has 2 N–H and O–H groups in total. The number of allylic oxidation sites excluding steroid dienone is 1. The molecule has 0 aromatic heterocycles. The molecule has 0 aliphatic heterocycles. The highest BCUT2D eigenvalue weighted by Gasteiger charge is 1.90. The van der Waals surface area contributed by atoms with Gasteiger partial charge in [-0.25, -0.2) is 0 Å². The number of likely N-dealkylation sites (N-methyl/N-ethyl adjacent to an activating group) is 1. The number of aryl methyl sites for hydroxylation is 1. The van der Waals surface area contributed by atoms with Crippen LogP contribution >= 0.6 is 0 Å². The van der Waals surface area contributed by atoms with Gasteiger partial charge in [0.15, 0.2) is 0 Å². The minimum absolute atomic E-state index is 0.833. The maximum absolute atomic E-state index is 3.70. The van der Waals surface area contributed by atoms with Crippen LogP contribution in [0.5, 0.6) is 0 Å². The van der Waals surface area contributed by atoms with E-state index in [2.05, 4.69) is 48.4 Å². The maximum Gasteiger partial charge on any atom is 0.0491 e. The van der Waals surface area contributed by atoms with Crippen LogP contribution in [0, 0.1) is 6.92 Å². The van der Waals surface area contributed by atoms with Crippen LogP contribution < -0.4 is 10.6 Å². The normalized spacial score (nSPS) is 10.9. The molecule has 0 spiro atoms. The monoisotopic (exact) mass is 202 g/mol. The second-order valence-corrected chi connectivity index (χ2v) is 3.42. The van der Waals surface area contributed by atoms with Crippen molar-refractivity contribution < 1.29 is 0 Å². The fourth-order valence-corrected chi connectivity index (χ4v) is 1.22. The molecule has 0 unspecified atom stereocenters. The first-order valence-electron chi connectivity index (χ1n) is 5.05. The van der Waals surface area contributed by atoms with Crippen LogP contribution in [-0.4, -0.2) is 7.05 Å². The largest absolute Gasteiger partial charge is 0.387 e. The molecule has 1 aromatic rings. The molecule has 0 amide bonds. The predicted molar refractivity (Wildman–Crippen MR) is 65.4 cm³/mol. The standard InChI is InChI=1S/C13H18N2/c1-4-13(14-3)10-15-9-12-7-5-11(2)6-8-12/h4-8,10,14-15H,1,9H2,2-3H3/b13-10+. The lowest BCUT2D eigenvalue weighted by Crippen LogP contribution is -2.11. The fraction of sp³-hybridized carbons (Fsp3) is 0.231. The summed E-state index contributed by atoms with van der Waals surface area (Å²) in [5.41, 5.74) is 3.55. The smallest absolute Gasteiger partial charge is 0.0491 e. The second kappa shape index (κ2) is 5.91. The van der Waals surface area contributed by atoms with Crippen molar-refractivity contribution in [3.05, 3.63) is 59.9 Å². The van der Waals surface area contributed by atoms with Gasteiger partial charge in [-0.1, -0.05) is 36.4 Å². The molecule has 0 aliphatic carbocycles. The van der Waals surface area contributed by atoms with Crippen LogP contribution in [0.3, 0.4) is 0 Å². The molecule has 0 saturated carbocycles. The van der Waals surface area contributed by atoms with Gasteiger partial charge in [-0.2, -0.15) is 0 Å². The fourth-order valence-electron chi connectivity index (χ4n) is 1.22. The molecule has 0 radical (unpaired) electrons. The molecule has 2 nitrogen and oxygen atoms in total. The van der Waals surface area contributed by atoms with Crippen molar-refractivity contribution in [3.8, 4) is 0 Å². The predicted octanol–water partition coefficient (Wildman–Crippen LogP) is 2.33. The summed E-state index contributed by atoms with van der Waals surface area (Å²) in [5, 5.41) is 6.25. The molecule has 1 aromatic carbocycles. The van der Waals surface area contributed by atoms with E-state index in [4.69, 9.17) is 0 Å². The van der Waals surface area contributed by atoms with Crippen LogP contribution in [-0.2, 0) is 6.54 Å². The van der Waals surface area contributed by atoms with Crippen molar-refractivity contribution in [1.82, 2.24) is 10.6 Å². The van der Waals surface area contributed by atoms with Crippen LogP contribution in [0.15, 0.2) is 48.8 Å². The Labute approximate surface area is 91.7 Å². The zero-order chi connectivity index (χ0) is 11.1. The van der Waals surface area contributed by atoms with E-state index in [0.29, 0.717) is 0 Å². The highest BCUT2D eigenvalue weighted by atomic mass is 14.9. The van der Waals surface area contributed by atoms with Gasteiger partial charge in [0.1, 0.15) is 0 Å². The molecule has 1 rings (SSSR count). The molecule has 0 heterocycles. The maximum atomic E-state index is 3.70. The Balaban J connectivity index is 2.47. The van der Waals surface area contributed by atoms with E-state index in [1.54, 1.807) is 6.08 Å². The Kier molecular flexibility index (Phi) is 4.48. The van der Waals surface area contributed by atoms with E-state index in [-0.39, 0.29) is 0 Å². The molecule has 0 bridgehead atoms. The minimum atomic E-state index is 0.833. The van der Waals surface area contributed by atoms with Crippen molar-refractivity contribution in [1.29, 1.82) is 0 Å². The summed E-state index contributed by atoms with van der Waals surface area (Å²) in [6.45, 7) is 6.62. The van der Waals surface area contributed by atoms with Gasteiger partial charge < -0.3 is 10.6 Å². The van der Waals surface area contributed by atoms with Gasteiger partial charge in [0.2, 0.25) is 0 Å². The highest BCUT2D eigenvalue weighted by molar-refractivity contribution is 5.21. The van der Waals surface area contributed by atoms with E-state index in [1.165, 1.54) is 11.1 Å². The lowest BCUT2D eigenvalue weighted by molar-refractivity contribution is 0.847. The van der Waals surface area contributed by atoms with Gasteiger partial charge in [0.25, 0.3) is 0 Å². The zero-order valence-corrected chi connectivity index (χ0v) is 9.38. The average molecular weight is 202 g/mol. The Bertz CT molecular complexity index is 336. The molecule has 0 saturated heterocycles. The van der Waals surface area contributed by atoms with E-state index in [9.17, 15) is 0 Å². The Morgan fingerprint density at radius 2 is 2.00 bits per heavy atom. The van der Waals surface area contributed by atoms with Crippen LogP contribution in [0.2, 0.25) is 0 Å². The first-order chi connectivity index (χ1) is 7.26. The van der Waals surface area contributed by atoms with E-state index in [1.807, 2.05) is 13.2 Å². The molecular formula is C13H18N2. The number of nitrogens with one attached hydrogen (secondary N) is 2. The molecular weight excluding hydrogens is 184 g/mol. The summed E-state index contributed by atoms with van der Waals surface area (Å²) >= 11 is 0. The van der Waals surface area contributed by atoms with Crippen molar-refractivity contribution >= 4 is 0 Å². The number of rotatable bonds is 5. The quantitative estimate of drug-likeness (QED) is 0.716.